The molecule has 0 radical (unpaired) electrons. The standard InChI is InChI=1S/C13H10N2O2/c16-13-12(8-9-4-3-7-14-9)17-11-6-2-1-5-10(11)15-13/h1-8,14H,(H,15,16). The second-order valence-corrected chi connectivity index (χ2v) is 3.69. The summed E-state index contributed by atoms with van der Waals surface area (Å²) in [6.07, 6.45) is 3.46. The fourth-order valence-electron chi connectivity index (χ4n) is 1.68. The molecule has 1 aromatic heterocycles. The summed E-state index contributed by atoms with van der Waals surface area (Å²) in [6.45, 7) is 0. The fraction of sp³-hybridized carbons (Fsp3) is 0. The van der Waals surface area contributed by atoms with Gasteiger partial charge in [-0.05, 0) is 24.3 Å². The summed E-state index contributed by atoms with van der Waals surface area (Å²) in [4.78, 5) is 14.8. The van der Waals surface area contributed by atoms with Crippen molar-refractivity contribution in [2.24, 2.45) is 0 Å². The van der Waals surface area contributed by atoms with Crippen LogP contribution in [0.4, 0.5) is 5.69 Å². The number of hydrogen-bond acceptors (Lipinski definition) is 2. The van der Waals surface area contributed by atoms with Crippen LogP contribution < -0.4 is 10.1 Å². The van der Waals surface area contributed by atoms with Crippen molar-refractivity contribution in [1.29, 1.82) is 0 Å². The SMILES string of the molecule is O=C1Nc2ccccc2OC1=Cc1ccc[nH]1. The predicted molar refractivity (Wildman–Crippen MR) is 64.5 cm³/mol. The van der Waals surface area contributed by atoms with Crippen LogP contribution in [0.5, 0.6) is 5.75 Å². The Morgan fingerprint density at radius 1 is 1.12 bits per heavy atom. The van der Waals surface area contributed by atoms with Gasteiger partial charge in [-0.2, -0.15) is 0 Å². The number of fused-ring (bicyclic) bond motifs is 1. The number of carbonyl (C=O) groups excluding carboxylic acids is 1. The summed E-state index contributed by atoms with van der Waals surface area (Å²) in [6, 6.07) is 11.1. The Morgan fingerprint density at radius 2 is 2.00 bits per heavy atom. The number of benzene rings is 1. The van der Waals surface area contributed by atoms with Gasteiger partial charge in [0.25, 0.3) is 5.91 Å². The number of amides is 1. The first-order valence-electron chi connectivity index (χ1n) is 5.26. The lowest BCUT2D eigenvalue weighted by molar-refractivity contribution is -0.115. The number of ether oxygens (including phenoxy) is 1. The number of para-hydroxylation sites is 2. The molecule has 0 spiro atoms. The largest absolute Gasteiger partial charge is 0.449 e. The minimum atomic E-state index is -0.238. The van der Waals surface area contributed by atoms with E-state index in [9.17, 15) is 4.79 Å². The Hall–Kier alpha value is -2.49. The Kier molecular flexibility index (Phi) is 2.19. The first-order chi connectivity index (χ1) is 8.33. The van der Waals surface area contributed by atoms with Crippen molar-refractivity contribution in [3.63, 3.8) is 0 Å². The number of rotatable bonds is 1. The molecule has 1 aliphatic rings. The number of aromatic amines is 1. The molecule has 17 heavy (non-hydrogen) atoms. The molecule has 2 N–H and O–H groups in total. The maximum atomic E-state index is 11.8. The van der Waals surface area contributed by atoms with Crippen LogP contribution in [0.15, 0.2) is 48.4 Å². The molecular weight excluding hydrogens is 216 g/mol. The van der Waals surface area contributed by atoms with E-state index in [1.165, 1.54) is 0 Å². The average molecular weight is 226 g/mol. The minimum absolute atomic E-state index is 0.238. The normalized spacial score (nSPS) is 16.2. The third kappa shape index (κ3) is 1.80. The van der Waals surface area contributed by atoms with E-state index in [1.54, 1.807) is 18.3 Å². The van der Waals surface area contributed by atoms with E-state index in [0.717, 1.165) is 5.69 Å². The summed E-state index contributed by atoms with van der Waals surface area (Å²) in [5.41, 5.74) is 1.52. The van der Waals surface area contributed by atoms with Gasteiger partial charge in [-0.25, -0.2) is 0 Å². The number of hydrogen-bond donors (Lipinski definition) is 2. The first kappa shape index (κ1) is 9.72. The van der Waals surface area contributed by atoms with Crippen LogP contribution in [0.2, 0.25) is 0 Å². The summed E-state index contributed by atoms with van der Waals surface area (Å²) in [5.74, 6) is 0.703. The lowest BCUT2D eigenvalue weighted by Crippen LogP contribution is -2.23. The van der Waals surface area contributed by atoms with E-state index in [0.29, 0.717) is 11.4 Å². The van der Waals surface area contributed by atoms with Crippen molar-refractivity contribution in [1.82, 2.24) is 4.98 Å². The lowest BCUT2D eigenvalue weighted by Gasteiger charge is -2.19. The van der Waals surface area contributed by atoms with Crippen molar-refractivity contribution >= 4 is 17.7 Å². The number of H-pyrrole nitrogens is 1. The van der Waals surface area contributed by atoms with Crippen molar-refractivity contribution < 1.29 is 9.53 Å². The highest BCUT2D eigenvalue weighted by atomic mass is 16.5. The molecule has 0 bridgehead atoms. The van der Waals surface area contributed by atoms with E-state index in [2.05, 4.69) is 10.3 Å². The van der Waals surface area contributed by atoms with Crippen molar-refractivity contribution in [3.05, 3.63) is 54.0 Å². The van der Waals surface area contributed by atoms with Gasteiger partial charge in [0.1, 0.15) is 0 Å². The molecule has 0 unspecified atom stereocenters. The zero-order valence-corrected chi connectivity index (χ0v) is 8.94. The van der Waals surface area contributed by atoms with E-state index in [4.69, 9.17) is 4.74 Å². The van der Waals surface area contributed by atoms with E-state index < -0.39 is 0 Å². The van der Waals surface area contributed by atoms with E-state index in [-0.39, 0.29) is 11.7 Å². The third-order valence-corrected chi connectivity index (χ3v) is 2.49. The maximum Gasteiger partial charge on any atom is 0.291 e. The summed E-state index contributed by atoms with van der Waals surface area (Å²) < 4.78 is 5.55. The number of aromatic nitrogens is 1. The van der Waals surface area contributed by atoms with Gasteiger partial charge in [-0.15, -0.1) is 0 Å². The quantitative estimate of drug-likeness (QED) is 0.733. The smallest absolute Gasteiger partial charge is 0.291 e. The van der Waals surface area contributed by atoms with Crippen LogP contribution in [-0.4, -0.2) is 10.9 Å². The van der Waals surface area contributed by atoms with E-state index in [1.807, 2.05) is 30.3 Å². The van der Waals surface area contributed by atoms with E-state index >= 15 is 0 Å². The van der Waals surface area contributed by atoms with Gasteiger partial charge >= 0.3 is 0 Å². The van der Waals surface area contributed by atoms with Crippen molar-refractivity contribution in [2.45, 2.75) is 0 Å². The van der Waals surface area contributed by atoms with Gasteiger partial charge in [-0.3, -0.25) is 4.79 Å². The van der Waals surface area contributed by atoms with Gasteiger partial charge in [-0.1, -0.05) is 12.1 Å². The summed E-state index contributed by atoms with van der Waals surface area (Å²) in [7, 11) is 0. The number of anilines is 1. The van der Waals surface area contributed by atoms with Crippen LogP contribution >= 0.6 is 0 Å². The van der Waals surface area contributed by atoms with Crippen LogP contribution in [0, 0.1) is 0 Å². The molecule has 0 saturated heterocycles. The highest BCUT2D eigenvalue weighted by Gasteiger charge is 2.21. The lowest BCUT2D eigenvalue weighted by atomic mass is 10.2. The fourth-order valence-corrected chi connectivity index (χ4v) is 1.68. The van der Waals surface area contributed by atoms with Gasteiger partial charge in [0.05, 0.1) is 5.69 Å². The zero-order valence-electron chi connectivity index (χ0n) is 8.94. The number of carbonyl (C=O) groups is 1. The second-order valence-electron chi connectivity index (χ2n) is 3.69. The highest BCUT2D eigenvalue weighted by molar-refractivity contribution is 6.07. The molecule has 0 atom stereocenters. The van der Waals surface area contributed by atoms with Crippen LogP contribution in [0.25, 0.3) is 6.08 Å². The van der Waals surface area contributed by atoms with Crippen LogP contribution in [0.3, 0.4) is 0 Å². The van der Waals surface area contributed by atoms with Crippen molar-refractivity contribution in [3.8, 4) is 5.75 Å². The first-order valence-corrected chi connectivity index (χ1v) is 5.26. The van der Waals surface area contributed by atoms with Crippen molar-refractivity contribution in [2.75, 3.05) is 5.32 Å². The topological polar surface area (TPSA) is 54.1 Å². The molecule has 84 valence electrons. The second kappa shape index (κ2) is 3.83. The highest BCUT2D eigenvalue weighted by Crippen LogP contribution is 2.30. The van der Waals surface area contributed by atoms with Gasteiger partial charge in [0, 0.05) is 18.0 Å². The molecule has 4 heteroatoms. The zero-order chi connectivity index (χ0) is 11.7. The Morgan fingerprint density at radius 3 is 2.82 bits per heavy atom. The molecule has 0 aliphatic carbocycles. The molecule has 1 amide bonds. The predicted octanol–water partition coefficient (Wildman–Crippen LogP) is 2.39. The molecule has 0 saturated carbocycles. The Labute approximate surface area is 97.9 Å². The molecule has 2 aromatic rings. The molecule has 1 aliphatic heterocycles. The van der Waals surface area contributed by atoms with Crippen LogP contribution in [0.1, 0.15) is 5.69 Å². The summed E-state index contributed by atoms with van der Waals surface area (Å²) >= 11 is 0. The summed E-state index contributed by atoms with van der Waals surface area (Å²) in [5, 5.41) is 2.78. The van der Waals surface area contributed by atoms with Gasteiger partial charge in [0.15, 0.2) is 11.5 Å². The average Bonchev–Trinajstić information content (AvgIpc) is 2.83. The number of nitrogens with one attached hydrogen (secondary N) is 2. The molecule has 2 heterocycles. The molecule has 0 fully saturated rings. The van der Waals surface area contributed by atoms with Gasteiger partial charge in [0.2, 0.25) is 0 Å². The third-order valence-electron chi connectivity index (χ3n) is 2.49. The minimum Gasteiger partial charge on any atom is -0.449 e. The van der Waals surface area contributed by atoms with Gasteiger partial charge < -0.3 is 15.0 Å². The monoisotopic (exact) mass is 226 g/mol. The molecule has 3 rings (SSSR count). The molecular formula is C13H10N2O2. The Bertz CT molecular complexity index is 585. The maximum absolute atomic E-state index is 11.8. The van der Waals surface area contributed by atoms with Crippen LogP contribution in [-0.2, 0) is 4.79 Å². The molecule has 1 aromatic carbocycles. The Balaban J connectivity index is 1.97. The molecule has 4 nitrogen and oxygen atoms in total.